The molecule has 2 heterocycles. The number of H-pyrrole nitrogens is 1. The van der Waals surface area contributed by atoms with E-state index >= 15 is 4.39 Å². The Labute approximate surface area is 238 Å². The summed E-state index contributed by atoms with van der Waals surface area (Å²) in [6, 6.07) is 6.42. The van der Waals surface area contributed by atoms with Crippen LogP contribution in [0.5, 0.6) is 5.75 Å². The van der Waals surface area contributed by atoms with E-state index in [0.29, 0.717) is 0 Å². The summed E-state index contributed by atoms with van der Waals surface area (Å²) in [4.78, 5) is 45.1. The number of aromatic amines is 1. The van der Waals surface area contributed by atoms with Crippen molar-refractivity contribution in [1.29, 1.82) is 0 Å². The number of carbonyl (C=O) groups excluding carboxylic acids is 1. The number of nitrogens with zero attached hydrogens (tertiary/aromatic N) is 2. The van der Waals surface area contributed by atoms with Crippen LogP contribution in [0.1, 0.15) is 52.2 Å². The molecule has 12 nitrogen and oxygen atoms in total. The molecule has 2 aliphatic rings. The van der Waals surface area contributed by atoms with E-state index in [-0.39, 0.29) is 11.9 Å². The third kappa shape index (κ3) is 7.04. The van der Waals surface area contributed by atoms with E-state index in [0.717, 1.165) is 65.2 Å². The van der Waals surface area contributed by atoms with Crippen LogP contribution in [-0.4, -0.2) is 62.1 Å². The fourth-order valence-electron chi connectivity index (χ4n) is 4.55. The van der Waals surface area contributed by atoms with E-state index in [2.05, 4.69) is 15.9 Å². The normalized spacial score (nSPS) is 26.4. The van der Waals surface area contributed by atoms with Crippen molar-refractivity contribution in [3.8, 4) is 5.75 Å². The average molecular weight is 647 g/mol. The molecule has 2 fully saturated rings. The van der Waals surface area contributed by atoms with Crippen molar-refractivity contribution in [2.24, 2.45) is 0 Å². The summed E-state index contributed by atoms with van der Waals surface area (Å²) in [5.41, 5.74) is -4.08. The molecule has 1 aliphatic heterocycles. The van der Waals surface area contributed by atoms with E-state index in [1.165, 1.54) is 6.92 Å². The number of hydrogen-bond donors (Lipinski definition) is 2. The molecule has 2 aromatic rings. The average Bonchev–Trinajstić information content (AvgIpc) is 3.15. The van der Waals surface area contributed by atoms with Crippen LogP contribution in [0.15, 0.2) is 50.6 Å². The number of carbonyl (C=O) groups is 1. The summed E-state index contributed by atoms with van der Waals surface area (Å²) in [6.07, 6.45) is 0.539. The Bertz CT molecular complexity index is 1320. The number of esters is 1. The second-order valence-electron chi connectivity index (χ2n) is 9.89. The summed E-state index contributed by atoms with van der Waals surface area (Å²) in [5, 5.41) is 10.6. The van der Waals surface area contributed by atoms with Gasteiger partial charge < -0.3 is 19.4 Å². The zero-order valence-corrected chi connectivity index (χ0v) is 24.4. The van der Waals surface area contributed by atoms with E-state index < -0.39 is 62.2 Å². The fourth-order valence-corrected chi connectivity index (χ4v) is 5.74. The molecular formula is C25H31BrFN3O9P+. The Balaban J connectivity index is 1.47. The second kappa shape index (κ2) is 13.0. The summed E-state index contributed by atoms with van der Waals surface area (Å²) in [5.74, 6) is -0.389. The monoisotopic (exact) mass is 646 g/mol. The van der Waals surface area contributed by atoms with Gasteiger partial charge in [-0.1, -0.05) is 22.4 Å². The molecule has 15 heteroatoms. The number of ether oxygens (including phenoxy) is 2. The predicted octanol–water partition coefficient (Wildman–Crippen LogP) is 3.52. The molecule has 218 valence electrons. The predicted molar refractivity (Wildman–Crippen MR) is 143 cm³/mol. The lowest BCUT2D eigenvalue weighted by molar-refractivity contribution is -0.162. The zero-order chi connectivity index (χ0) is 29.0. The maximum absolute atomic E-state index is 15.5. The topological polar surface area (TPSA) is 149 Å². The van der Waals surface area contributed by atoms with Gasteiger partial charge in [0, 0.05) is 16.7 Å². The van der Waals surface area contributed by atoms with Crippen LogP contribution in [0.25, 0.3) is 0 Å². The number of nitrogens with one attached hydrogen (secondary N) is 1. The molecule has 1 aromatic carbocycles. The number of halogens is 2. The van der Waals surface area contributed by atoms with Gasteiger partial charge in [0.05, 0.1) is 0 Å². The van der Waals surface area contributed by atoms with Crippen molar-refractivity contribution >= 4 is 30.1 Å². The quantitative estimate of drug-likeness (QED) is 0.223. The van der Waals surface area contributed by atoms with E-state index in [9.17, 15) is 24.1 Å². The highest BCUT2D eigenvalue weighted by atomic mass is 79.9. The molecule has 2 N–H and O–H groups in total. The van der Waals surface area contributed by atoms with Gasteiger partial charge in [0.2, 0.25) is 0 Å². The molecule has 1 saturated heterocycles. The van der Waals surface area contributed by atoms with Crippen LogP contribution in [0.4, 0.5) is 4.39 Å². The highest BCUT2D eigenvalue weighted by molar-refractivity contribution is 9.10. The molecule has 1 aromatic heterocycles. The maximum Gasteiger partial charge on any atom is 0.653 e. The molecule has 4 rings (SSSR count). The maximum atomic E-state index is 15.5. The molecule has 1 saturated carbocycles. The number of rotatable bonds is 10. The Morgan fingerprint density at radius 3 is 2.60 bits per heavy atom. The first-order valence-corrected chi connectivity index (χ1v) is 14.8. The van der Waals surface area contributed by atoms with E-state index in [4.69, 9.17) is 18.8 Å². The number of alkyl halides is 1. The minimum atomic E-state index is -2.90. The van der Waals surface area contributed by atoms with Crippen LogP contribution in [0.2, 0.25) is 0 Å². The molecule has 0 bridgehead atoms. The number of hydroxylamine groups is 1. The smallest absolute Gasteiger partial charge is 0.461 e. The van der Waals surface area contributed by atoms with Crippen LogP contribution in [0, 0.1) is 0 Å². The number of aliphatic hydroxyl groups excluding tert-OH is 1. The molecule has 6 atom stereocenters. The summed E-state index contributed by atoms with van der Waals surface area (Å²) < 4.78 is 47.0. The summed E-state index contributed by atoms with van der Waals surface area (Å²) in [6.45, 7) is 1.92. The molecular weight excluding hydrogens is 616 g/mol. The highest BCUT2D eigenvalue weighted by Crippen LogP contribution is 2.42. The fraction of sp³-hybridized carbons (Fsp3) is 0.560. The lowest BCUT2D eigenvalue weighted by Crippen LogP contribution is -2.43. The van der Waals surface area contributed by atoms with Crippen LogP contribution in [0.3, 0.4) is 0 Å². The van der Waals surface area contributed by atoms with Crippen LogP contribution in [-0.2, 0) is 23.4 Å². The Hall–Kier alpha value is -2.48. The number of aromatic nitrogens is 2. The largest absolute Gasteiger partial charge is 0.653 e. The lowest BCUT2D eigenvalue weighted by Gasteiger charge is -2.24. The first-order chi connectivity index (χ1) is 19.0. The van der Waals surface area contributed by atoms with E-state index in [1.54, 1.807) is 24.3 Å². The standard InChI is InChI=1S/C25H30BrFN3O9P/c1-15(22(33)37-17-6-4-3-5-7-17)30(39-18-10-8-16(26)9-11-18)40(35)36-14-19-21(32)25(2,27)23(38-19)29-13-12-20(31)28-24(29)34/h8-13,15,17,19,21,23,32H,3-7,14H2,1-2H3/p+1/t15?,19-,21-,23-,25-/m1/s1. The third-order valence-corrected chi connectivity index (χ3v) is 8.50. The highest BCUT2D eigenvalue weighted by Gasteiger charge is 2.56. The van der Waals surface area contributed by atoms with Gasteiger partial charge in [-0.3, -0.25) is 19.1 Å². The van der Waals surface area contributed by atoms with Gasteiger partial charge in [-0.05, 0) is 68.4 Å². The van der Waals surface area contributed by atoms with Crippen LogP contribution >= 0.6 is 24.1 Å². The SMILES string of the molecule is CC(C(=O)OC1CCCCC1)N(Oc1ccc(Br)cc1)[P+](=O)OC[C@H]1O[C@@H](n2ccc(=O)[nH]c2=O)[C@](C)(F)[C@@H]1O. The number of benzene rings is 1. The van der Waals surface area contributed by atoms with Crippen molar-refractivity contribution in [3.05, 3.63) is 61.8 Å². The van der Waals surface area contributed by atoms with E-state index in [1.807, 2.05) is 4.98 Å². The molecule has 1 aliphatic carbocycles. The molecule has 0 radical (unpaired) electrons. The zero-order valence-electron chi connectivity index (χ0n) is 21.9. The van der Waals surface area contributed by atoms with Gasteiger partial charge >= 0.3 is 19.8 Å². The Morgan fingerprint density at radius 1 is 1.27 bits per heavy atom. The van der Waals surface area contributed by atoms with Gasteiger partial charge in [0.25, 0.3) is 5.56 Å². The van der Waals surface area contributed by atoms with Gasteiger partial charge in [-0.2, -0.15) is 0 Å². The second-order valence-corrected chi connectivity index (χ2v) is 11.9. The van der Waals surface area contributed by atoms with Crippen LogP contribution < -0.4 is 16.1 Å². The first kappa shape index (κ1) is 30.5. The molecule has 0 amide bonds. The molecule has 2 unspecified atom stereocenters. The minimum Gasteiger partial charge on any atom is -0.461 e. The van der Waals surface area contributed by atoms with Gasteiger partial charge in [0.1, 0.15) is 29.8 Å². The number of aliphatic hydroxyl groups is 1. The third-order valence-electron chi connectivity index (χ3n) is 6.85. The summed E-state index contributed by atoms with van der Waals surface area (Å²) >= 11 is 3.32. The van der Waals surface area contributed by atoms with Gasteiger partial charge in [-0.15, -0.1) is 4.52 Å². The van der Waals surface area contributed by atoms with Gasteiger partial charge in [-0.25, -0.2) is 9.18 Å². The minimum absolute atomic E-state index is 0.241. The van der Waals surface area contributed by atoms with Crippen molar-refractivity contribution < 1.29 is 37.7 Å². The van der Waals surface area contributed by atoms with Crippen molar-refractivity contribution in [1.82, 2.24) is 14.4 Å². The summed E-state index contributed by atoms with van der Waals surface area (Å²) in [7, 11) is -2.90. The van der Waals surface area contributed by atoms with Crippen molar-refractivity contribution in [2.45, 2.75) is 82.2 Å². The Morgan fingerprint density at radius 2 is 1.95 bits per heavy atom. The Kier molecular flexibility index (Phi) is 9.91. The first-order valence-electron chi connectivity index (χ1n) is 12.8. The lowest BCUT2D eigenvalue weighted by atomic mass is 9.98. The van der Waals surface area contributed by atoms with Gasteiger partial charge in [0.15, 0.2) is 23.7 Å². The molecule has 0 spiro atoms. The number of hydrogen-bond acceptors (Lipinski definition) is 9. The van der Waals surface area contributed by atoms with Crippen molar-refractivity contribution in [3.63, 3.8) is 0 Å². The van der Waals surface area contributed by atoms with Crippen molar-refractivity contribution in [2.75, 3.05) is 6.61 Å². The molecule has 40 heavy (non-hydrogen) atoms.